The lowest BCUT2D eigenvalue weighted by Gasteiger charge is -2.42. The molecule has 0 amide bonds. The summed E-state index contributed by atoms with van der Waals surface area (Å²) in [7, 11) is -4.12. The Morgan fingerprint density at radius 1 is 1.25 bits per heavy atom. The van der Waals surface area contributed by atoms with Gasteiger partial charge in [-0.05, 0) is 85.1 Å². The van der Waals surface area contributed by atoms with Gasteiger partial charge >= 0.3 is 0 Å². The third-order valence-corrected chi connectivity index (χ3v) is 9.92. The molecule has 3 aliphatic rings. The van der Waals surface area contributed by atoms with Crippen LogP contribution in [0.4, 0.5) is 4.39 Å². The van der Waals surface area contributed by atoms with E-state index < -0.39 is 27.2 Å². The number of benzene rings is 1. The molecule has 0 bridgehead atoms. The molecule has 194 valence electrons. The monoisotopic (exact) mass is 512 g/mol. The Labute approximate surface area is 214 Å². The summed E-state index contributed by atoms with van der Waals surface area (Å²) in [4.78, 5) is -0.0321. The Kier molecular flexibility index (Phi) is 7.89. The Balaban J connectivity index is 1.49. The molecule has 0 aromatic heterocycles. The zero-order chi connectivity index (χ0) is 26.1. The first-order valence-corrected chi connectivity index (χ1v) is 14.3. The van der Waals surface area contributed by atoms with Crippen molar-refractivity contribution >= 4 is 9.84 Å². The summed E-state index contributed by atoms with van der Waals surface area (Å²) in [6.45, 7) is 8.34. The predicted octanol–water partition coefficient (Wildman–Crippen LogP) is 6.36. The lowest BCUT2D eigenvalue weighted by molar-refractivity contribution is 0.0862. The van der Waals surface area contributed by atoms with E-state index in [2.05, 4.69) is 25.7 Å². The van der Waals surface area contributed by atoms with Crippen molar-refractivity contribution in [1.29, 1.82) is 0 Å². The van der Waals surface area contributed by atoms with Crippen LogP contribution in [0.5, 0.6) is 0 Å². The van der Waals surface area contributed by atoms with E-state index in [9.17, 15) is 23.0 Å². The largest absolute Gasteiger partial charge is 0.393 e. The Morgan fingerprint density at radius 3 is 2.69 bits per heavy atom. The van der Waals surface area contributed by atoms with Gasteiger partial charge in [0, 0.05) is 6.42 Å². The first kappa shape index (κ1) is 26.8. The van der Waals surface area contributed by atoms with Gasteiger partial charge in [0.15, 0.2) is 0 Å². The molecule has 4 nitrogen and oxygen atoms in total. The van der Waals surface area contributed by atoms with Crippen molar-refractivity contribution in [2.24, 2.45) is 17.3 Å². The molecule has 2 saturated carbocycles. The summed E-state index contributed by atoms with van der Waals surface area (Å²) in [5, 5.41) is 19.1. The average molecular weight is 513 g/mol. The van der Waals surface area contributed by atoms with E-state index in [1.807, 2.05) is 13.0 Å². The SMILES string of the molecule is C=C1/C(=C\C=C2/CCC[C@]3(C)C([C@H](C)C/C=C(\F)S(=O)(=O)c4ccccc4)=CC[C@@H]23)C[C@@H](O)C[C@@H]1O. The molecular formula is C30H37FO4S. The average Bonchev–Trinajstić information content (AvgIpc) is 3.21. The molecule has 0 spiro atoms. The van der Waals surface area contributed by atoms with Gasteiger partial charge in [-0.3, -0.25) is 0 Å². The number of halogens is 1. The highest BCUT2D eigenvalue weighted by Crippen LogP contribution is 2.57. The number of rotatable bonds is 6. The molecule has 2 fully saturated rings. The molecule has 4 rings (SSSR count). The Bertz CT molecular complexity index is 1220. The van der Waals surface area contributed by atoms with Crippen molar-refractivity contribution in [1.82, 2.24) is 0 Å². The predicted molar refractivity (Wildman–Crippen MR) is 141 cm³/mol. The molecule has 1 aromatic carbocycles. The number of allylic oxidation sites excluding steroid dienone is 6. The van der Waals surface area contributed by atoms with Crippen LogP contribution in [0, 0.1) is 17.3 Å². The summed E-state index contributed by atoms with van der Waals surface area (Å²) < 4.78 is 39.9. The van der Waals surface area contributed by atoms with Crippen LogP contribution in [0.25, 0.3) is 0 Å². The van der Waals surface area contributed by atoms with Crippen LogP contribution < -0.4 is 0 Å². The summed E-state index contributed by atoms with van der Waals surface area (Å²) >= 11 is 0. The molecule has 0 saturated heterocycles. The Hall–Kier alpha value is -2.28. The van der Waals surface area contributed by atoms with Gasteiger partial charge in [-0.1, -0.05) is 68.0 Å². The number of hydrogen-bond acceptors (Lipinski definition) is 4. The van der Waals surface area contributed by atoms with Gasteiger partial charge in [0.05, 0.1) is 17.1 Å². The van der Waals surface area contributed by atoms with Crippen molar-refractivity contribution in [3.8, 4) is 0 Å². The van der Waals surface area contributed by atoms with E-state index >= 15 is 0 Å². The fraction of sp³-hybridized carbons (Fsp3) is 0.467. The maximum atomic E-state index is 14.8. The maximum absolute atomic E-state index is 14.8. The second-order valence-corrected chi connectivity index (χ2v) is 12.6. The molecular weight excluding hydrogens is 475 g/mol. The third kappa shape index (κ3) is 5.22. The highest BCUT2D eigenvalue weighted by molar-refractivity contribution is 7.95. The van der Waals surface area contributed by atoms with E-state index in [1.165, 1.54) is 29.4 Å². The van der Waals surface area contributed by atoms with Crippen LogP contribution in [0.2, 0.25) is 0 Å². The molecule has 3 aliphatic carbocycles. The van der Waals surface area contributed by atoms with Crippen LogP contribution in [-0.4, -0.2) is 30.8 Å². The fourth-order valence-electron chi connectivity index (χ4n) is 6.30. The van der Waals surface area contributed by atoms with Crippen LogP contribution >= 0.6 is 0 Å². The number of sulfone groups is 1. The summed E-state index contributed by atoms with van der Waals surface area (Å²) in [6.07, 6.45) is 11.6. The number of aliphatic hydroxyl groups is 2. The molecule has 1 aromatic rings. The van der Waals surface area contributed by atoms with Gasteiger partial charge in [-0.25, -0.2) is 8.42 Å². The lowest BCUT2D eigenvalue weighted by Crippen LogP contribution is -2.32. The van der Waals surface area contributed by atoms with Crippen LogP contribution in [-0.2, 0) is 9.84 Å². The topological polar surface area (TPSA) is 74.6 Å². The summed E-state index contributed by atoms with van der Waals surface area (Å²) in [5.74, 6) is 0.368. The minimum Gasteiger partial charge on any atom is -0.393 e. The van der Waals surface area contributed by atoms with Crippen molar-refractivity contribution in [2.45, 2.75) is 75.9 Å². The summed E-state index contributed by atoms with van der Waals surface area (Å²) in [5.41, 5.74) is 4.17. The third-order valence-electron chi connectivity index (χ3n) is 8.35. The number of aliphatic hydroxyl groups excluding tert-OH is 2. The molecule has 2 N–H and O–H groups in total. The molecule has 5 atom stereocenters. The van der Waals surface area contributed by atoms with Crippen molar-refractivity contribution < 1.29 is 23.0 Å². The smallest absolute Gasteiger partial charge is 0.232 e. The van der Waals surface area contributed by atoms with Crippen LogP contribution in [0.3, 0.4) is 0 Å². The fourth-order valence-corrected chi connectivity index (χ4v) is 7.36. The zero-order valence-electron chi connectivity index (χ0n) is 21.2. The lowest BCUT2D eigenvalue weighted by atomic mass is 9.62. The van der Waals surface area contributed by atoms with E-state index in [0.29, 0.717) is 30.8 Å². The maximum Gasteiger partial charge on any atom is 0.232 e. The standard InChI is InChI=1S/C30H37FO4S/c1-20(11-16-29(31)36(34,35)25-9-5-4-6-10-25)26-14-15-27-22(8-7-17-30(26,27)3)12-13-23-18-24(32)19-28(33)21(23)2/h4-6,9-10,12-14,16,20,24,27-28,32-33H,2,7-8,11,15,17-19H2,1,3H3/b22-12+,23-13-,29-16+/t20-,24-,27+,28+,30-/m1/s1. The molecule has 36 heavy (non-hydrogen) atoms. The van der Waals surface area contributed by atoms with Gasteiger partial charge in [0.2, 0.25) is 15.0 Å². The Morgan fingerprint density at radius 2 is 1.97 bits per heavy atom. The second-order valence-electron chi connectivity index (χ2n) is 10.7. The quantitative estimate of drug-likeness (QED) is 0.435. The van der Waals surface area contributed by atoms with E-state index in [0.717, 1.165) is 31.3 Å². The van der Waals surface area contributed by atoms with Gasteiger partial charge < -0.3 is 10.2 Å². The van der Waals surface area contributed by atoms with Gasteiger partial charge in [-0.2, -0.15) is 4.39 Å². The molecule has 0 heterocycles. The normalized spacial score (nSPS) is 32.5. The minimum absolute atomic E-state index is 0.0258. The van der Waals surface area contributed by atoms with Crippen LogP contribution in [0.1, 0.15) is 58.8 Å². The molecule has 0 unspecified atom stereocenters. The van der Waals surface area contributed by atoms with Crippen LogP contribution in [0.15, 0.2) is 93.6 Å². The van der Waals surface area contributed by atoms with Crippen molar-refractivity contribution in [3.63, 3.8) is 0 Å². The van der Waals surface area contributed by atoms with E-state index in [-0.39, 0.29) is 16.2 Å². The van der Waals surface area contributed by atoms with Crippen molar-refractivity contribution in [2.75, 3.05) is 0 Å². The van der Waals surface area contributed by atoms with E-state index in [4.69, 9.17) is 0 Å². The number of fused-ring (bicyclic) bond motifs is 1. The number of hydrogen-bond donors (Lipinski definition) is 2. The minimum atomic E-state index is -4.12. The molecule has 6 heteroatoms. The first-order valence-electron chi connectivity index (χ1n) is 12.8. The summed E-state index contributed by atoms with van der Waals surface area (Å²) in [6, 6.07) is 7.70. The van der Waals surface area contributed by atoms with Crippen molar-refractivity contribution in [3.05, 3.63) is 88.7 Å². The first-order chi connectivity index (χ1) is 17.0. The highest BCUT2D eigenvalue weighted by Gasteiger charge is 2.45. The van der Waals surface area contributed by atoms with Gasteiger partial charge in [-0.15, -0.1) is 0 Å². The highest BCUT2D eigenvalue weighted by atomic mass is 32.2. The van der Waals surface area contributed by atoms with Gasteiger partial charge in [0.1, 0.15) is 0 Å². The zero-order valence-corrected chi connectivity index (χ0v) is 22.0. The molecule has 0 radical (unpaired) electrons. The van der Waals surface area contributed by atoms with E-state index in [1.54, 1.807) is 18.2 Å². The second kappa shape index (κ2) is 10.6. The van der Waals surface area contributed by atoms with Gasteiger partial charge in [0.25, 0.3) is 0 Å². The molecule has 0 aliphatic heterocycles.